The maximum atomic E-state index is 13.6. The molecule has 5 rings (SSSR count). The summed E-state index contributed by atoms with van der Waals surface area (Å²) < 4.78 is 39.9. The molecule has 1 saturated carbocycles. The van der Waals surface area contributed by atoms with Gasteiger partial charge in [0.05, 0.1) is 17.1 Å². The molecule has 6 nitrogen and oxygen atoms in total. The van der Waals surface area contributed by atoms with E-state index in [9.17, 15) is 17.9 Å². The Morgan fingerprint density at radius 1 is 1.17 bits per heavy atom. The first kappa shape index (κ1) is 24.9. The van der Waals surface area contributed by atoms with Crippen molar-refractivity contribution in [3.8, 4) is 0 Å². The molecule has 10 heteroatoms. The number of carbonyl (C=O) groups is 1. The van der Waals surface area contributed by atoms with E-state index in [-0.39, 0.29) is 12.3 Å². The van der Waals surface area contributed by atoms with Crippen LogP contribution in [0.4, 0.5) is 10.1 Å². The number of anilines is 1. The molecule has 1 fully saturated rings. The average molecular weight is 547 g/mol. The van der Waals surface area contributed by atoms with Crippen LogP contribution in [-0.4, -0.2) is 19.7 Å². The van der Waals surface area contributed by atoms with Crippen LogP contribution in [0.3, 0.4) is 0 Å². The topological polar surface area (TPSA) is 92.4 Å². The number of aromatic nitrogens is 1. The minimum absolute atomic E-state index is 0.108. The number of amides is 1. The number of hydrogen-bond donors (Lipinski definition) is 2. The number of benzene rings is 3. The summed E-state index contributed by atoms with van der Waals surface area (Å²) >= 11 is 11.3. The molecule has 36 heavy (non-hydrogen) atoms. The van der Waals surface area contributed by atoms with Gasteiger partial charge in [-0.2, -0.15) is 0 Å². The van der Waals surface area contributed by atoms with Crippen LogP contribution in [0, 0.1) is 5.82 Å². The monoisotopic (exact) mass is 546 g/mol. The Labute approximate surface area is 219 Å². The summed E-state index contributed by atoms with van der Waals surface area (Å²) in [5, 5.41) is 3.05. The zero-order valence-electron chi connectivity index (χ0n) is 19.1. The van der Waals surface area contributed by atoms with Gasteiger partial charge >= 0.3 is 0 Å². The number of hydrogen-bond acceptors (Lipinski definition) is 4. The first-order valence-corrected chi connectivity index (χ1v) is 13.1. The van der Waals surface area contributed by atoms with Crippen LogP contribution < -0.4 is 5.32 Å². The molecule has 0 aliphatic heterocycles. The van der Waals surface area contributed by atoms with E-state index in [0.717, 1.165) is 18.4 Å². The minimum atomic E-state index is -1.96. The van der Waals surface area contributed by atoms with Crippen molar-refractivity contribution in [2.24, 2.45) is 0 Å². The normalized spacial score (nSPS) is 16.0. The molecule has 0 spiro atoms. The summed E-state index contributed by atoms with van der Waals surface area (Å²) in [6.07, 6.45) is 1.56. The third-order valence-electron chi connectivity index (χ3n) is 6.43. The number of nitrogens with zero attached hydrogens (tertiary/aromatic N) is 1. The van der Waals surface area contributed by atoms with Crippen molar-refractivity contribution in [2.45, 2.75) is 36.9 Å². The van der Waals surface area contributed by atoms with Crippen molar-refractivity contribution in [1.82, 2.24) is 4.98 Å². The Morgan fingerprint density at radius 2 is 1.83 bits per heavy atom. The zero-order chi connectivity index (χ0) is 25.6. The number of halogens is 3. The van der Waals surface area contributed by atoms with Crippen LogP contribution in [0.2, 0.25) is 10.0 Å². The van der Waals surface area contributed by atoms with E-state index < -0.39 is 27.6 Å². The van der Waals surface area contributed by atoms with Gasteiger partial charge in [-0.1, -0.05) is 47.5 Å². The third-order valence-corrected chi connectivity index (χ3v) is 7.90. The fraction of sp³-hybridized carbons (Fsp3) is 0.231. The molecule has 186 valence electrons. The van der Waals surface area contributed by atoms with Gasteiger partial charge in [0, 0.05) is 27.4 Å². The van der Waals surface area contributed by atoms with Gasteiger partial charge in [0.1, 0.15) is 11.3 Å². The summed E-state index contributed by atoms with van der Waals surface area (Å²) in [4.78, 5) is 17.2. The maximum Gasteiger partial charge on any atom is 0.228 e. The molecular weight excluding hydrogens is 526 g/mol. The molecule has 2 N–H and O–H groups in total. The molecule has 1 amide bonds. The van der Waals surface area contributed by atoms with E-state index in [1.807, 2.05) is 0 Å². The first-order valence-electron chi connectivity index (χ1n) is 11.2. The van der Waals surface area contributed by atoms with Crippen LogP contribution >= 0.6 is 23.2 Å². The van der Waals surface area contributed by atoms with Gasteiger partial charge < -0.3 is 14.3 Å². The van der Waals surface area contributed by atoms with Gasteiger partial charge in [-0.05, 0) is 55.2 Å². The molecule has 3 aromatic carbocycles. The highest BCUT2D eigenvalue weighted by atomic mass is 35.5. The highest BCUT2D eigenvalue weighted by Crippen LogP contribution is 2.57. The fourth-order valence-electron chi connectivity index (χ4n) is 4.31. The Bertz CT molecular complexity index is 1480. The van der Waals surface area contributed by atoms with Crippen molar-refractivity contribution < 1.29 is 22.4 Å². The van der Waals surface area contributed by atoms with Crippen molar-refractivity contribution in [3.63, 3.8) is 0 Å². The largest absolute Gasteiger partial charge is 0.440 e. The number of carbonyl (C=O) groups excluding carboxylic acids is 1. The smallest absolute Gasteiger partial charge is 0.228 e. The number of rotatable bonds is 7. The number of oxazole rings is 1. The second kappa shape index (κ2) is 9.59. The minimum Gasteiger partial charge on any atom is -0.440 e. The Morgan fingerprint density at radius 3 is 2.44 bits per heavy atom. The van der Waals surface area contributed by atoms with E-state index >= 15 is 0 Å². The molecule has 4 aromatic rings. The van der Waals surface area contributed by atoms with Gasteiger partial charge in [0.25, 0.3) is 0 Å². The molecule has 1 aliphatic rings. The van der Waals surface area contributed by atoms with E-state index in [1.54, 1.807) is 49.4 Å². The summed E-state index contributed by atoms with van der Waals surface area (Å²) in [6, 6.07) is 14.5. The molecule has 2 atom stereocenters. The molecule has 0 bridgehead atoms. The highest BCUT2D eigenvalue weighted by Gasteiger charge is 2.52. The van der Waals surface area contributed by atoms with E-state index in [0.29, 0.717) is 43.9 Å². The standard InChI is InChI=1S/C26H21Cl2FN2O4S/c1-14(36(33)34)16-4-2-15(3-5-16)10-23(32)30-18-12-19(27)24(20(28)13-18)26(8-9-26)25-31-21-7-6-17(29)11-22(21)35-25/h2-7,11-14H,8-10H2,1H3,(H,30,32)(H,33,34). The Hall–Kier alpha value is -2.78. The quantitative estimate of drug-likeness (QED) is 0.248. The van der Waals surface area contributed by atoms with E-state index in [1.165, 1.54) is 12.1 Å². The lowest BCUT2D eigenvalue weighted by Gasteiger charge is -2.17. The van der Waals surface area contributed by atoms with Gasteiger partial charge in [0.2, 0.25) is 11.8 Å². The molecule has 2 unspecified atom stereocenters. The van der Waals surface area contributed by atoms with Crippen molar-refractivity contribution in [1.29, 1.82) is 0 Å². The molecule has 0 radical (unpaired) electrons. The average Bonchev–Trinajstić information content (AvgIpc) is 3.49. The summed E-state index contributed by atoms with van der Waals surface area (Å²) in [5.41, 5.74) is 2.92. The second-order valence-electron chi connectivity index (χ2n) is 8.91. The first-order chi connectivity index (χ1) is 17.2. The number of nitrogens with one attached hydrogen (secondary N) is 1. The molecular formula is C26H21Cl2FN2O4S. The van der Waals surface area contributed by atoms with Gasteiger partial charge in [-0.15, -0.1) is 0 Å². The molecule has 1 aliphatic carbocycles. The van der Waals surface area contributed by atoms with Crippen LogP contribution in [0.25, 0.3) is 11.1 Å². The lowest BCUT2D eigenvalue weighted by Crippen LogP contribution is -2.16. The molecule has 1 aromatic heterocycles. The van der Waals surface area contributed by atoms with Gasteiger partial charge in [-0.3, -0.25) is 4.79 Å². The van der Waals surface area contributed by atoms with Crippen molar-refractivity contribution in [2.75, 3.05) is 5.32 Å². The van der Waals surface area contributed by atoms with Crippen molar-refractivity contribution >= 4 is 57.0 Å². The Balaban J connectivity index is 1.33. The summed E-state index contributed by atoms with van der Waals surface area (Å²) in [6.45, 7) is 1.66. The predicted octanol–water partition coefficient (Wildman–Crippen LogP) is 6.82. The summed E-state index contributed by atoms with van der Waals surface area (Å²) in [7, 11) is 0. The highest BCUT2D eigenvalue weighted by molar-refractivity contribution is 7.79. The van der Waals surface area contributed by atoms with E-state index in [4.69, 9.17) is 27.6 Å². The van der Waals surface area contributed by atoms with Crippen LogP contribution in [0.1, 0.15) is 47.6 Å². The maximum absolute atomic E-state index is 13.6. The Kier molecular flexibility index (Phi) is 6.63. The fourth-order valence-corrected chi connectivity index (χ4v) is 5.55. The van der Waals surface area contributed by atoms with Crippen LogP contribution in [0.15, 0.2) is 59.0 Å². The summed E-state index contributed by atoms with van der Waals surface area (Å²) in [5.74, 6) is -0.228. The number of fused-ring (bicyclic) bond motifs is 1. The van der Waals surface area contributed by atoms with Gasteiger partial charge in [-0.25, -0.2) is 13.6 Å². The van der Waals surface area contributed by atoms with E-state index in [2.05, 4.69) is 10.3 Å². The van der Waals surface area contributed by atoms with Crippen molar-refractivity contribution in [3.05, 3.63) is 93.0 Å². The SMILES string of the molecule is CC(c1ccc(CC(=O)Nc2cc(Cl)c(C3(c4nc5ccc(F)cc5o4)CC3)c(Cl)c2)cc1)S(=O)O. The lowest BCUT2D eigenvalue weighted by molar-refractivity contribution is -0.115. The molecule has 0 saturated heterocycles. The second-order valence-corrected chi connectivity index (χ2v) is 11.0. The third kappa shape index (κ3) is 4.78. The van der Waals surface area contributed by atoms with Gasteiger partial charge in [0.15, 0.2) is 16.7 Å². The van der Waals surface area contributed by atoms with Crippen LogP contribution in [0.5, 0.6) is 0 Å². The van der Waals surface area contributed by atoms with Crippen LogP contribution in [-0.2, 0) is 27.7 Å². The zero-order valence-corrected chi connectivity index (χ0v) is 21.4. The molecule has 1 heterocycles. The predicted molar refractivity (Wildman–Crippen MR) is 138 cm³/mol. The lowest BCUT2D eigenvalue weighted by atomic mass is 9.95.